The second-order valence-corrected chi connectivity index (χ2v) is 8.56. The van der Waals surface area contributed by atoms with E-state index < -0.39 is 0 Å². The number of ether oxygens (including phenoxy) is 1. The maximum atomic E-state index is 12.4. The number of hydrogen-bond acceptors (Lipinski definition) is 5. The highest BCUT2D eigenvalue weighted by Gasteiger charge is 2.11. The molecule has 1 heterocycles. The van der Waals surface area contributed by atoms with Crippen LogP contribution in [0.2, 0.25) is 0 Å². The fraction of sp³-hybridized carbons (Fsp3) is 0.318. The van der Waals surface area contributed by atoms with Gasteiger partial charge in [0.1, 0.15) is 0 Å². The Labute approximate surface area is 178 Å². The van der Waals surface area contributed by atoms with Gasteiger partial charge in [0.25, 0.3) is 0 Å². The molecule has 29 heavy (non-hydrogen) atoms. The Balaban J connectivity index is 1.63. The Morgan fingerprint density at radius 1 is 1.17 bits per heavy atom. The first-order valence-corrected chi connectivity index (χ1v) is 11.5. The van der Waals surface area contributed by atoms with E-state index in [1.807, 2.05) is 47.5 Å². The molecule has 0 unspecified atom stereocenters. The number of carbonyl (C=O) groups is 2. The maximum absolute atomic E-state index is 12.4. The van der Waals surface area contributed by atoms with E-state index in [4.69, 9.17) is 4.74 Å². The normalized spacial score (nSPS) is 11.7. The molecule has 0 radical (unpaired) electrons. The molecule has 0 saturated heterocycles. The number of rotatable bonds is 8. The molecule has 1 amide bonds. The predicted molar refractivity (Wildman–Crippen MR) is 119 cm³/mol. The third-order valence-corrected chi connectivity index (χ3v) is 6.59. The highest BCUT2D eigenvalue weighted by molar-refractivity contribution is 7.98. The van der Waals surface area contributed by atoms with Crippen molar-refractivity contribution in [2.45, 2.75) is 32.1 Å². The lowest BCUT2D eigenvalue weighted by Crippen LogP contribution is -2.15. The van der Waals surface area contributed by atoms with Crippen LogP contribution < -0.4 is 4.80 Å². The quantitative estimate of drug-likeness (QED) is 0.387. The number of fused-ring (bicyclic) bond motifs is 1. The Hall–Kier alpha value is -2.38. The maximum Gasteiger partial charge on any atom is 0.337 e. The van der Waals surface area contributed by atoms with Crippen LogP contribution in [0.1, 0.15) is 35.7 Å². The van der Waals surface area contributed by atoms with Gasteiger partial charge >= 0.3 is 5.97 Å². The zero-order valence-electron chi connectivity index (χ0n) is 16.6. The number of methoxy groups -OCH3 is 1. The minimum Gasteiger partial charge on any atom is -0.465 e. The second-order valence-electron chi connectivity index (χ2n) is 6.45. The van der Waals surface area contributed by atoms with Crippen molar-refractivity contribution in [1.82, 2.24) is 4.57 Å². The highest BCUT2D eigenvalue weighted by Crippen LogP contribution is 2.20. The van der Waals surface area contributed by atoms with Crippen LogP contribution in [0.4, 0.5) is 0 Å². The second kappa shape index (κ2) is 10.4. The van der Waals surface area contributed by atoms with Crippen molar-refractivity contribution < 1.29 is 14.3 Å². The van der Waals surface area contributed by atoms with E-state index in [2.05, 4.69) is 17.1 Å². The summed E-state index contributed by atoms with van der Waals surface area (Å²) in [6.07, 6.45) is 1.25. The molecule has 7 heteroatoms. The van der Waals surface area contributed by atoms with Gasteiger partial charge in [0, 0.05) is 18.7 Å². The third-order valence-electron chi connectivity index (χ3n) is 4.43. The number of amides is 1. The Kier molecular flexibility index (Phi) is 7.66. The smallest absolute Gasteiger partial charge is 0.337 e. The van der Waals surface area contributed by atoms with E-state index in [1.54, 1.807) is 12.1 Å². The van der Waals surface area contributed by atoms with Gasteiger partial charge in [0.05, 0.1) is 22.9 Å². The molecule has 0 atom stereocenters. The molecule has 0 fully saturated rings. The number of thioether (sulfide) groups is 1. The van der Waals surface area contributed by atoms with Gasteiger partial charge in [-0.3, -0.25) is 4.79 Å². The molecule has 0 aliphatic carbocycles. The number of aryl methyl sites for hydroxylation is 1. The number of hydrogen-bond donors (Lipinski definition) is 0. The monoisotopic (exact) mass is 428 g/mol. The molecule has 3 aromatic rings. The van der Waals surface area contributed by atoms with Gasteiger partial charge in [-0.05, 0) is 42.9 Å². The van der Waals surface area contributed by atoms with Gasteiger partial charge in [0.15, 0.2) is 4.80 Å². The lowest BCUT2D eigenvalue weighted by molar-refractivity contribution is -0.118. The fourth-order valence-corrected chi connectivity index (χ4v) is 5.03. The van der Waals surface area contributed by atoms with Crippen LogP contribution in [0.25, 0.3) is 10.2 Å². The molecule has 152 valence electrons. The first-order chi connectivity index (χ1) is 14.1. The third kappa shape index (κ3) is 5.58. The minimum atomic E-state index is -0.370. The lowest BCUT2D eigenvalue weighted by Gasteiger charge is -2.02. The number of carbonyl (C=O) groups excluding carboxylic acids is 2. The Morgan fingerprint density at radius 2 is 1.97 bits per heavy atom. The van der Waals surface area contributed by atoms with E-state index in [-0.39, 0.29) is 11.9 Å². The molecule has 2 aromatic carbocycles. The van der Waals surface area contributed by atoms with Gasteiger partial charge in [-0.25, -0.2) is 4.79 Å². The lowest BCUT2D eigenvalue weighted by atomic mass is 10.2. The van der Waals surface area contributed by atoms with Crippen LogP contribution in [0.3, 0.4) is 0 Å². The minimum absolute atomic E-state index is 0.104. The molecule has 0 spiro atoms. The summed E-state index contributed by atoms with van der Waals surface area (Å²) < 4.78 is 7.70. The number of esters is 1. The van der Waals surface area contributed by atoms with Crippen molar-refractivity contribution in [2.24, 2.45) is 4.99 Å². The molecule has 0 bridgehead atoms. The van der Waals surface area contributed by atoms with Crippen LogP contribution in [0, 0.1) is 0 Å². The van der Waals surface area contributed by atoms with Crippen LogP contribution in [-0.2, 0) is 21.8 Å². The molecule has 5 nitrogen and oxygen atoms in total. The summed E-state index contributed by atoms with van der Waals surface area (Å²) in [5.74, 6) is 1.41. The van der Waals surface area contributed by atoms with E-state index in [0.717, 1.165) is 28.1 Å². The molecular formula is C22H24N2O3S2. The van der Waals surface area contributed by atoms with Gasteiger partial charge in [0.2, 0.25) is 5.91 Å². The van der Waals surface area contributed by atoms with Crippen molar-refractivity contribution >= 4 is 45.2 Å². The average Bonchev–Trinajstić information content (AvgIpc) is 3.09. The van der Waals surface area contributed by atoms with Crippen molar-refractivity contribution in [3.8, 4) is 0 Å². The van der Waals surface area contributed by atoms with Crippen molar-refractivity contribution in [3.63, 3.8) is 0 Å². The van der Waals surface area contributed by atoms with Crippen molar-refractivity contribution in [3.05, 3.63) is 64.5 Å². The fourth-order valence-electron chi connectivity index (χ4n) is 2.96. The topological polar surface area (TPSA) is 60.7 Å². The molecule has 0 N–H and O–H groups in total. The standard InChI is InChI=1S/C22H24N2O3S2/c1-3-24-18-12-11-17(21(26)27-2)14-19(18)29-22(24)23-20(25)10-7-13-28-15-16-8-5-4-6-9-16/h4-6,8-9,11-12,14H,3,7,10,13,15H2,1-2H3. The van der Waals surface area contributed by atoms with E-state index >= 15 is 0 Å². The van der Waals surface area contributed by atoms with Gasteiger partial charge in [-0.15, -0.1) is 0 Å². The largest absolute Gasteiger partial charge is 0.465 e. The first-order valence-electron chi connectivity index (χ1n) is 9.53. The Bertz CT molecular complexity index is 1050. The zero-order chi connectivity index (χ0) is 20.6. The van der Waals surface area contributed by atoms with E-state index in [9.17, 15) is 9.59 Å². The first kappa shape index (κ1) is 21.3. The molecule has 3 rings (SSSR count). The number of aromatic nitrogens is 1. The highest BCUT2D eigenvalue weighted by atomic mass is 32.2. The van der Waals surface area contributed by atoms with Crippen LogP contribution in [0.15, 0.2) is 53.5 Å². The SMILES string of the molecule is CCn1c(=NC(=O)CCCSCc2ccccc2)sc2cc(C(=O)OC)ccc21. The molecule has 1 aromatic heterocycles. The average molecular weight is 429 g/mol. The van der Waals surface area contributed by atoms with Crippen molar-refractivity contribution in [2.75, 3.05) is 12.9 Å². The van der Waals surface area contributed by atoms with Crippen molar-refractivity contribution in [1.29, 1.82) is 0 Å². The number of benzene rings is 2. The number of nitrogens with zero attached hydrogens (tertiary/aromatic N) is 2. The van der Waals surface area contributed by atoms with Gasteiger partial charge in [-0.2, -0.15) is 16.8 Å². The Morgan fingerprint density at radius 3 is 2.69 bits per heavy atom. The summed E-state index contributed by atoms with van der Waals surface area (Å²) in [6, 6.07) is 15.7. The summed E-state index contributed by atoms with van der Waals surface area (Å²) in [5, 5.41) is 0. The molecular weight excluding hydrogens is 404 g/mol. The molecule has 0 aliphatic rings. The van der Waals surface area contributed by atoms with Gasteiger partial charge < -0.3 is 9.30 Å². The number of thiazole rings is 1. The molecule has 0 saturated carbocycles. The van der Waals surface area contributed by atoms with E-state index in [0.29, 0.717) is 23.3 Å². The predicted octanol–water partition coefficient (Wildman–Crippen LogP) is 4.65. The molecule has 0 aliphatic heterocycles. The zero-order valence-corrected chi connectivity index (χ0v) is 18.2. The van der Waals surface area contributed by atoms with Crippen LogP contribution in [-0.4, -0.2) is 29.3 Å². The summed E-state index contributed by atoms with van der Waals surface area (Å²) in [6.45, 7) is 2.72. The van der Waals surface area contributed by atoms with E-state index in [1.165, 1.54) is 24.0 Å². The summed E-state index contributed by atoms with van der Waals surface area (Å²) >= 11 is 3.25. The summed E-state index contributed by atoms with van der Waals surface area (Å²) in [5.41, 5.74) is 2.77. The van der Waals surface area contributed by atoms with Crippen LogP contribution in [0.5, 0.6) is 0 Å². The summed E-state index contributed by atoms with van der Waals surface area (Å²) in [7, 11) is 1.37. The summed E-state index contributed by atoms with van der Waals surface area (Å²) in [4.78, 5) is 29.1. The van der Waals surface area contributed by atoms with Gasteiger partial charge in [-0.1, -0.05) is 41.7 Å². The van der Waals surface area contributed by atoms with Crippen LogP contribution >= 0.6 is 23.1 Å².